The molecule has 0 unspecified atom stereocenters. The Bertz CT molecular complexity index is 986. The molecule has 1 saturated heterocycles. The summed E-state index contributed by atoms with van der Waals surface area (Å²) in [5.74, 6) is -0.0603. The average molecular weight is 390 g/mol. The number of benzene rings is 1. The van der Waals surface area contributed by atoms with Crippen molar-refractivity contribution < 1.29 is 9.53 Å². The van der Waals surface area contributed by atoms with Gasteiger partial charge in [0, 0.05) is 24.0 Å². The second-order valence-electron chi connectivity index (χ2n) is 6.28. The molecule has 0 saturated carbocycles. The van der Waals surface area contributed by atoms with Crippen molar-refractivity contribution in [1.82, 2.24) is 14.5 Å². The number of hydrogen-bond acceptors (Lipinski definition) is 3. The zero-order valence-corrected chi connectivity index (χ0v) is 15.7. The van der Waals surface area contributed by atoms with Gasteiger partial charge in [0.25, 0.3) is 5.91 Å². The fourth-order valence-electron chi connectivity index (χ4n) is 3.36. The Kier molecular flexibility index (Phi) is 4.61. The van der Waals surface area contributed by atoms with E-state index in [-0.39, 0.29) is 11.9 Å². The van der Waals surface area contributed by atoms with E-state index in [9.17, 15) is 4.79 Å². The molecule has 2 aromatic heterocycles. The lowest BCUT2D eigenvalue weighted by molar-refractivity contribution is -0.00317. The van der Waals surface area contributed by atoms with Crippen molar-refractivity contribution >= 4 is 40.1 Å². The maximum atomic E-state index is 13.3. The molecule has 0 bridgehead atoms. The van der Waals surface area contributed by atoms with Gasteiger partial charge in [0.1, 0.15) is 16.5 Å². The van der Waals surface area contributed by atoms with Crippen molar-refractivity contribution in [3.8, 4) is 0 Å². The summed E-state index contributed by atoms with van der Waals surface area (Å²) in [6.07, 6.45) is 0. The maximum absolute atomic E-state index is 13.3. The van der Waals surface area contributed by atoms with E-state index in [2.05, 4.69) is 4.98 Å². The van der Waals surface area contributed by atoms with Gasteiger partial charge in [-0.15, -0.1) is 0 Å². The molecule has 1 atom stereocenters. The fraction of sp³-hybridized carbons (Fsp3) is 0.263. The fourth-order valence-corrected chi connectivity index (χ4v) is 3.71. The Morgan fingerprint density at radius 1 is 1.23 bits per heavy atom. The molecule has 1 aromatic carbocycles. The largest absolute Gasteiger partial charge is 0.377 e. The number of amides is 1. The van der Waals surface area contributed by atoms with E-state index in [0.29, 0.717) is 41.3 Å². The molecule has 4 rings (SSSR count). The molecule has 1 amide bonds. The highest BCUT2D eigenvalue weighted by molar-refractivity contribution is 6.30. The van der Waals surface area contributed by atoms with Crippen LogP contribution in [0.5, 0.6) is 0 Å². The molecule has 0 spiro atoms. The third-order valence-corrected chi connectivity index (χ3v) is 5.13. The lowest BCUT2D eigenvalue weighted by Gasteiger charge is -2.36. The molecule has 0 radical (unpaired) electrons. The number of carbonyl (C=O) groups excluding carboxylic acids is 1. The summed E-state index contributed by atoms with van der Waals surface area (Å²) < 4.78 is 7.41. The molecule has 1 fully saturated rings. The van der Waals surface area contributed by atoms with Gasteiger partial charge in [0.05, 0.1) is 19.3 Å². The lowest BCUT2D eigenvalue weighted by atomic mass is 10.0. The third-order valence-electron chi connectivity index (χ3n) is 4.68. The quantitative estimate of drug-likeness (QED) is 0.620. The minimum absolute atomic E-state index is 0.0603. The number of rotatable bonds is 2. The third kappa shape index (κ3) is 3.07. The van der Waals surface area contributed by atoms with E-state index >= 15 is 0 Å². The molecular formula is C19H17Cl2N3O2. The molecule has 26 heavy (non-hydrogen) atoms. The number of aryl methyl sites for hydroxylation is 1. The molecule has 1 aliphatic rings. The van der Waals surface area contributed by atoms with Crippen molar-refractivity contribution in [3.63, 3.8) is 0 Å². The summed E-state index contributed by atoms with van der Waals surface area (Å²) in [6.45, 7) is 1.47. The van der Waals surface area contributed by atoms with Crippen molar-refractivity contribution in [2.45, 2.75) is 6.04 Å². The van der Waals surface area contributed by atoms with Crippen LogP contribution in [0.3, 0.4) is 0 Å². The highest BCUT2D eigenvalue weighted by Crippen LogP contribution is 2.29. The van der Waals surface area contributed by atoms with Crippen molar-refractivity contribution in [1.29, 1.82) is 0 Å². The van der Waals surface area contributed by atoms with Crippen LogP contribution in [0.2, 0.25) is 10.2 Å². The molecule has 3 aromatic rings. The normalized spacial score (nSPS) is 17.7. The molecular weight excluding hydrogens is 373 g/mol. The van der Waals surface area contributed by atoms with E-state index in [1.54, 1.807) is 10.6 Å². The second-order valence-corrected chi connectivity index (χ2v) is 7.10. The van der Waals surface area contributed by atoms with Crippen molar-refractivity contribution in [3.05, 3.63) is 63.9 Å². The minimum Gasteiger partial charge on any atom is -0.377 e. The highest BCUT2D eigenvalue weighted by Gasteiger charge is 2.31. The number of morpholine rings is 1. The summed E-state index contributed by atoms with van der Waals surface area (Å²) in [6, 6.07) is 12.8. The number of pyridine rings is 1. The summed E-state index contributed by atoms with van der Waals surface area (Å²) >= 11 is 12.1. The van der Waals surface area contributed by atoms with Crippen LogP contribution in [0.4, 0.5) is 0 Å². The Morgan fingerprint density at radius 3 is 2.88 bits per heavy atom. The van der Waals surface area contributed by atoms with Gasteiger partial charge in [-0.3, -0.25) is 4.79 Å². The Labute approximate surface area is 161 Å². The minimum atomic E-state index is -0.176. The Hall–Kier alpha value is -2.08. The van der Waals surface area contributed by atoms with E-state index < -0.39 is 0 Å². The topological polar surface area (TPSA) is 47.4 Å². The molecule has 3 heterocycles. The van der Waals surface area contributed by atoms with Crippen LogP contribution in [0.25, 0.3) is 11.0 Å². The molecule has 0 N–H and O–H groups in total. The zero-order chi connectivity index (χ0) is 18.3. The number of nitrogens with zero attached hydrogens (tertiary/aromatic N) is 3. The molecule has 134 valence electrons. The van der Waals surface area contributed by atoms with Crippen LogP contribution < -0.4 is 0 Å². The standard InChI is InChI=1S/C19H17Cl2N3O2/c1-23-15(10-13-5-6-17(21)22-18(13)23)19(25)24-7-8-26-11-16(24)12-3-2-4-14(20)9-12/h2-6,9-10,16H,7-8,11H2,1H3/t16-/m1/s1. The highest BCUT2D eigenvalue weighted by atomic mass is 35.5. The van der Waals surface area contributed by atoms with E-state index in [4.69, 9.17) is 27.9 Å². The van der Waals surface area contributed by atoms with Gasteiger partial charge in [0.15, 0.2) is 0 Å². The SMILES string of the molecule is Cn1c(C(=O)N2CCOC[C@@H]2c2cccc(Cl)c2)cc2ccc(Cl)nc21. The summed E-state index contributed by atoms with van der Waals surface area (Å²) in [5, 5.41) is 1.93. The monoisotopic (exact) mass is 389 g/mol. The molecule has 0 aliphatic carbocycles. The smallest absolute Gasteiger partial charge is 0.271 e. The summed E-state index contributed by atoms with van der Waals surface area (Å²) in [5.41, 5.74) is 2.22. The molecule has 5 nitrogen and oxygen atoms in total. The number of hydrogen-bond donors (Lipinski definition) is 0. The van der Waals surface area contributed by atoms with E-state index in [0.717, 1.165) is 10.9 Å². The van der Waals surface area contributed by atoms with Gasteiger partial charge >= 0.3 is 0 Å². The summed E-state index contributed by atoms with van der Waals surface area (Å²) in [7, 11) is 1.83. The van der Waals surface area contributed by atoms with E-state index in [1.807, 2.05) is 48.3 Å². The van der Waals surface area contributed by atoms with Gasteiger partial charge in [0.2, 0.25) is 0 Å². The number of halogens is 2. The van der Waals surface area contributed by atoms with Crippen LogP contribution in [0, 0.1) is 0 Å². The van der Waals surface area contributed by atoms with Gasteiger partial charge in [-0.2, -0.15) is 0 Å². The van der Waals surface area contributed by atoms with Gasteiger partial charge in [-0.05, 0) is 35.9 Å². The number of ether oxygens (including phenoxy) is 1. The van der Waals surface area contributed by atoms with Crippen LogP contribution >= 0.6 is 23.2 Å². The first kappa shape index (κ1) is 17.3. The van der Waals surface area contributed by atoms with Crippen molar-refractivity contribution in [2.75, 3.05) is 19.8 Å². The first-order valence-electron chi connectivity index (χ1n) is 8.31. The first-order valence-corrected chi connectivity index (χ1v) is 9.06. The average Bonchev–Trinajstić information content (AvgIpc) is 2.97. The summed E-state index contributed by atoms with van der Waals surface area (Å²) in [4.78, 5) is 19.5. The number of fused-ring (bicyclic) bond motifs is 1. The van der Waals surface area contributed by atoms with Crippen LogP contribution in [-0.4, -0.2) is 40.1 Å². The van der Waals surface area contributed by atoms with Gasteiger partial charge < -0.3 is 14.2 Å². The number of carbonyl (C=O) groups is 1. The number of aromatic nitrogens is 2. The van der Waals surface area contributed by atoms with Gasteiger partial charge in [-0.25, -0.2) is 4.98 Å². The first-order chi connectivity index (χ1) is 12.5. The van der Waals surface area contributed by atoms with Crippen LogP contribution in [0.15, 0.2) is 42.5 Å². The Balaban J connectivity index is 1.73. The van der Waals surface area contributed by atoms with Gasteiger partial charge in [-0.1, -0.05) is 35.3 Å². The predicted molar refractivity (Wildman–Crippen MR) is 102 cm³/mol. The lowest BCUT2D eigenvalue weighted by Crippen LogP contribution is -2.44. The Morgan fingerprint density at radius 2 is 2.08 bits per heavy atom. The zero-order valence-electron chi connectivity index (χ0n) is 14.2. The van der Waals surface area contributed by atoms with Crippen molar-refractivity contribution in [2.24, 2.45) is 7.05 Å². The second kappa shape index (κ2) is 6.91. The molecule has 7 heteroatoms. The van der Waals surface area contributed by atoms with Crippen LogP contribution in [-0.2, 0) is 11.8 Å². The molecule has 1 aliphatic heterocycles. The van der Waals surface area contributed by atoms with E-state index in [1.165, 1.54) is 0 Å². The predicted octanol–water partition coefficient (Wildman–Crippen LogP) is 4.09. The maximum Gasteiger partial charge on any atom is 0.271 e. The van der Waals surface area contributed by atoms with Crippen LogP contribution in [0.1, 0.15) is 22.1 Å².